The van der Waals surface area contributed by atoms with E-state index in [0.29, 0.717) is 13.2 Å². The van der Waals surface area contributed by atoms with Crippen molar-refractivity contribution in [2.24, 2.45) is 0 Å². The number of benzene rings is 1. The maximum absolute atomic E-state index is 5.53. The van der Waals surface area contributed by atoms with Crippen molar-refractivity contribution in [2.75, 3.05) is 20.3 Å². The lowest BCUT2D eigenvalue weighted by molar-refractivity contribution is -0.0755. The molecule has 1 N–H and O–H groups in total. The molecule has 6 nitrogen and oxygen atoms in total. The van der Waals surface area contributed by atoms with Gasteiger partial charge in [0.1, 0.15) is 5.75 Å². The molecular formula is C20H21N3O3. The van der Waals surface area contributed by atoms with Crippen LogP contribution in [0.3, 0.4) is 0 Å². The first-order chi connectivity index (χ1) is 12.8. The minimum absolute atomic E-state index is 0.0999. The second-order valence-electron chi connectivity index (χ2n) is 6.57. The Hall–Kier alpha value is -2.70. The zero-order chi connectivity index (χ0) is 17.8. The van der Waals surface area contributed by atoms with Gasteiger partial charge in [-0.25, -0.2) is 0 Å². The van der Waals surface area contributed by atoms with Gasteiger partial charge in [0.05, 0.1) is 31.6 Å². The number of hydrogen-bond acceptors (Lipinski definition) is 6. The summed E-state index contributed by atoms with van der Waals surface area (Å²) in [6.07, 6.45) is 4.37. The Morgan fingerprint density at radius 2 is 1.88 bits per heavy atom. The van der Waals surface area contributed by atoms with Crippen LogP contribution in [0.2, 0.25) is 0 Å². The minimum atomic E-state index is -0.0999. The summed E-state index contributed by atoms with van der Waals surface area (Å²) in [5.41, 5.74) is 3.00. The molecule has 3 heterocycles. The molecule has 2 aromatic heterocycles. The lowest BCUT2D eigenvalue weighted by Gasteiger charge is -2.42. The Bertz CT molecular complexity index is 842. The third kappa shape index (κ3) is 3.61. The fourth-order valence-corrected chi connectivity index (χ4v) is 3.04. The molecule has 1 aliphatic heterocycles. The van der Waals surface area contributed by atoms with E-state index in [0.717, 1.165) is 35.7 Å². The average molecular weight is 351 g/mol. The lowest BCUT2D eigenvalue weighted by Crippen LogP contribution is -2.61. The Labute approximate surface area is 152 Å². The number of ether oxygens (including phenoxy) is 2. The van der Waals surface area contributed by atoms with Crippen LogP contribution in [0, 0.1) is 0 Å². The highest BCUT2D eigenvalue weighted by molar-refractivity contribution is 5.58. The molecule has 1 aromatic carbocycles. The van der Waals surface area contributed by atoms with Crippen molar-refractivity contribution >= 4 is 0 Å². The van der Waals surface area contributed by atoms with Gasteiger partial charge in [-0.3, -0.25) is 4.98 Å². The van der Waals surface area contributed by atoms with Crippen LogP contribution in [-0.2, 0) is 17.7 Å². The van der Waals surface area contributed by atoms with Crippen LogP contribution in [-0.4, -0.2) is 36.0 Å². The molecule has 1 saturated heterocycles. The van der Waals surface area contributed by atoms with E-state index >= 15 is 0 Å². The lowest BCUT2D eigenvalue weighted by atomic mass is 9.90. The topological polar surface area (TPSA) is 69.4 Å². The first kappa shape index (κ1) is 16.8. The van der Waals surface area contributed by atoms with E-state index in [1.807, 2.05) is 42.5 Å². The van der Waals surface area contributed by atoms with E-state index in [1.54, 1.807) is 19.5 Å². The van der Waals surface area contributed by atoms with E-state index in [4.69, 9.17) is 14.0 Å². The van der Waals surface area contributed by atoms with E-state index in [9.17, 15) is 0 Å². The molecule has 0 amide bonds. The molecule has 0 spiro atoms. The van der Waals surface area contributed by atoms with Gasteiger partial charge in [0.15, 0.2) is 5.76 Å². The van der Waals surface area contributed by atoms with Gasteiger partial charge in [0.2, 0.25) is 0 Å². The Balaban J connectivity index is 1.43. The van der Waals surface area contributed by atoms with Crippen LogP contribution in [0.25, 0.3) is 11.3 Å². The standard InChI is InChI=1S/C20H21N3O3/c1-24-18-4-2-16(3-5-18)19-10-17(23-26-19)11-20(13-25-14-20)22-12-15-6-8-21-9-7-15/h2-10,22H,11-14H2,1H3. The molecule has 3 aromatic rings. The van der Waals surface area contributed by atoms with E-state index in [-0.39, 0.29) is 5.54 Å². The summed E-state index contributed by atoms with van der Waals surface area (Å²) >= 11 is 0. The number of nitrogens with zero attached hydrogens (tertiary/aromatic N) is 2. The second kappa shape index (κ2) is 7.27. The molecule has 1 fully saturated rings. The molecule has 0 unspecified atom stereocenters. The van der Waals surface area contributed by atoms with Crippen molar-refractivity contribution in [1.29, 1.82) is 0 Å². The van der Waals surface area contributed by atoms with Gasteiger partial charge >= 0.3 is 0 Å². The van der Waals surface area contributed by atoms with Crippen molar-refractivity contribution < 1.29 is 14.0 Å². The molecule has 0 atom stereocenters. The summed E-state index contributed by atoms with van der Waals surface area (Å²) in [6, 6.07) is 13.8. The Morgan fingerprint density at radius 1 is 1.12 bits per heavy atom. The SMILES string of the molecule is COc1ccc(-c2cc(CC3(NCc4ccncc4)COC3)no2)cc1. The maximum atomic E-state index is 5.53. The molecule has 0 radical (unpaired) electrons. The van der Waals surface area contributed by atoms with Crippen molar-refractivity contribution in [3.8, 4) is 17.1 Å². The third-order valence-corrected chi connectivity index (χ3v) is 4.63. The quantitative estimate of drug-likeness (QED) is 0.706. The van der Waals surface area contributed by atoms with Crippen molar-refractivity contribution in [2.45, 2.75) is 18.5 Å². The van der Waals surface area contributed by atoms with E-state index in [2.05, 4.69) is 15.5 Å². The van der Waals surface area contributed by atoms with Crippen LogP contribution in [0.4, 0.5) is 0 Å². The third-order valence-electron chi connectivity index (χ3n) is 4.63. The van der Waals surface area contributed by atoms with Gasteiger partial charge in [0.25, 0.3) is 0 Å². The zero-order valence-corrected chi connectivity index (χ0v) is 14.6. The molecule has 0 aliphatic carbocycles. The van der Waals surface area contributed by atoms with Gasteiger partial charge in [-0.05, 0) is 42.0 Å². The van der Waals surface area contributed by atoms with Crippen molar-refractivity contribution in [3.63, 3.8) is 0 Å². The van der Waals surface area contributed by atoms with Crippen LogP contribution >= 0.6 is 0 Å². The largest absolute Gasteiger partial charge is 0.497 e. The first-order valence-corrected chi connectivity index (χ1v) is 8.58. The van der Waals surface area contributed by atoms with Crippen LogP contribution in [0.1, 0.15) is 11.3 Å². The molecule has 6 heteroatoms. The number of nitrogens with one attached hydrogen (secondary N) is 1. The molecule has 1 aliphatic rings. The first-order valence-electron chi connectivity index (χ1n) is 8.58. The molecular weight excluding hydrogens is 330 g/mol. The van der Waals surface area contributed by atoms with Crippen LogP contribution < -0.4 is 10.1 Å². The van der Waals surface area contributed by atoms with Crippen LogP contribution in [0.5, 0.6) is 5.75 Å². The van der Waals surface area contributed by atoms with Gasteiger partial charge < -0.3 is 19.3 Å². The number of methoxy groups -OCH3 is 1. The highest BCUT2D eigenvalue weighted by atomic mass is 16.5. The van der Waals surface area contributed by atoms with Crippen LogP contribution in [0.15, 0.2) is 59.4 Å². The second-order valence-corrected chi connectivity index (χ2v) is 6.57. The summed E-state index contributed by atoms with van der Waals surface area (Å²) in [5.74, 6) is 1.58. The van der Waals surface area contributed by atoms with Crippen molar-refractivity contribution in [3.05, 3.63) is 66.1 Å². The summed E-state index contributed by atoms with van der Waals surface area (Å²) in [4.78, 5) is 4.05. The predicted octanol–water partition coefficient (Wildman–Crippen LogP) is 2.85. The van der Waals surface area contributed by atoms with Gasteiger partial charge in [0, 0.05) is 37.0 Å². The summed E-state index contributed by atoms with van der Waals surface area (Å²) in [7, 11) is 1.65. The smallest absolute Gasteiger partial charge is 0.167 e. The molecule has 0 saturated carbocycles. The monoisotopic (exact) mass is 351 g/mol. The molecule has 4 rings (SSSR count). The normalized spacial score (nSPS) is 15.4. The minimum Gasteiger partial charge on any atom is -0.497 e. The number of hydrogen-bond donors (Lipinski definition) is 1. The molecule has 134 valence electrons. The summed E-state index contributed by atoms with van der Waals surface area (Å²) < 4.78 is 16.2. The highest BCUT2D eigenvalue weighted by Gasteiger charge is 2.39. The fourth-order valence-electron chi connectivity index (χ4n) is 3.04. The van der Waals surface area contributed by atoms with Crippen molar-refractivity contribution in [1.82, 2.24) is 15.5 Å². The number of rotatable bonds is 7. The van der Waals surface area contributed by atoms with Gasteiger partial charge in [-0.2, -0.15) is 0 Å². The van der Waals surface area contributed by atoms with Gasteiger partial charge in [-0.1, -0.05) is 5.16 Å². The Kier molecular flexibility index (Phi) is 4.69. The number of aromatic nitrogens is 2. The maximum Gasteiger partial charge on any atom is 0.167 e. The number of pyridine rings is 1. The summed E-state index contributed by atoms with van der Waals surface area (Å²) in [5, 5.41) is 7.86. The predicted molar refractivity (Wildman–Crippen MR) is 96.8 cm³/mol. The molecule has 26 heavy (non-hydrogen) atoms. The van der Waals surface area contributed by atoms with Gasteiger partial charge in [-0.15, -0.1) is 0 Å². The van der Waals surface area contributed by atoms with E-state index in [1.165, 1.54) is 5.56 Å². The van der Waals surface area contributed by atoms with E-state index < -0.39 is 0 Å². The Morgan fingerprint density at radius 3 is 2.54 bits per heavy atom. The fraction of sp³-hybridized carbons (Fsp3) is 0.300. The average Bonchev–Trinajstić information content (AvgIpc) is 3.13. The highest BCUT2D eigenvalue weighted by Crippen LogP contribution is 2.27. The zero-order valence-electron chi connectivity index (χ0n) is 14.6. The molecule has 0 bridgehead atoms. The summed E-state index contributed by atoms with van der Waals surface area (Å²) in [6.45, 7) is 2.11.